The molecule has 1 aromatic heterocycles. The average molecular weight is 213 g/mol. The summed E-state index contributed by atoms with van der Waals surface area (Å²) in [5.41, 5.74) is 0. The molecule has 0 aromatic carbocycles. The number of aromatic nitrogens is 1. The van der Waals surface area contributed by atoms with Crippen molar-refractivity contribution in [2.75, 3.05) is 18.5 Å². The minimum Gasteiger partial charge on any atom is -0.381 e. The molecule has 4 heteroatoms. The van der Waals surface area contributed by atoms with E-state index in [0.29, 0.717) is 11.1 Å². The van der Waals surface area contributed by atoms with Crippen molar-refractivity contribution in [2.45, 2.75) is 18.9 Å². The molecule has 0 aliphatic carbocycles. The highest BCUT2D eigenvalue weighted by molar-refractivity contribution is 6.32. The molecular weight excluding hydrogens is 200 g/mol. The van der Waals surface area contributed by atoms with E-state index >= 15 is 0 Å². The summed E-state index contributed by atoms with van der Waals surface area (Å²) in [5.74, 6) is 0.779. The van der Waals surface area contributed by atoms with Crippen LogP contribution in [0, 0.1) is 0 Å². The van der Waals surface area contributed by atoms with Crippen molar-refractivity contribution >= 4 is 17.4 Å². The molecular formula is C10H13ClN2O. The van der Waals surface area contributed by atoms with Crippen molar-refractivity contribution in [1.82, 2.24) is 4.98 Å². The summed E-state index contributed by atoms with van der Waals surface area (Å²) in [6.45, 7) is 1.64. The summed E-state index contributed by atoms with van der Waals surface area (Å²) in [6, 6.07) is 4.12. The van der Waals surface area contributed by atoms with Crippen LogP contribution in [-0.2, 0) is 4.74 Å². The molecule has 1 aliphatic heterocycles. The summed E-state index contributed by atoms with van der Waals surface area (Å²) < 4.78 is 5.27. The maximum atomic E-state index is 5.99. The number of anilines is 1. The average Bonchev–Trinajstić information content (AvgIpc) is 2.23. The van der Waals surface area contributed by atoms with E-state index in [1.807, 2.05) is 12.1 Å². The highest BCUT2D eigenvalue weighted by Gasteiger charge is 2.14. The third kappa shape index (κ3) is 2.36. The Labute approximate surface area is 88.4 Å². The highest BCUT2D eigenvalue weighted by Crippen LogP contribution is 2.20. The largest absolute Gasteiger partial charge is 0.381 e. The number of ether oxygens (including phenoxy) is 1. The Morgan fingerprint density at radius 3 is 2.93 bits per heavy atom. The smallest absolute Gasteiger partial charge is 0.144 e. The SMILES string of the molecule is Clc1cccnc1NC1CCOCC1. The fourth-order valence-corrected chi connectivity index (χ4v) is 1.70. The lowest BCUT2D eigenvalue weighted by Crippen LogP contribution is -2.28. The topological polar surface area (TPSA) is 34.2 Å². The molecule has 2 heterocycles. The third-order valence-corrected chi connectivity index (χ3v) is 2.63. The molecule has 76 valence electrons. The van der Waals surface area contributed by atoms with Gasteiger partial charge in [0.25, 0.3) is 0 Å². The Hall–Kier alpha value is -0.800. The van der Waals surface area contributed by atoms with E-state index in [1.165, 1.54) is 0 Å². The van der Waals surface area contributed by atoms with Gasteiger partial charge in [0.1, 0.15) is 5.82 Å². The minimum absolute atomic E-state index is 0.441. The van der Waals surface area contributed by atoms with Crippen LogP contribution in [0.4, 0.5) is 5.82 Å². The molecule has 1 aromatic rings. The fourth-order valence-electron chi connectivity index (χ4n) is 1.53. The number of rotatable bonds is 2. The molecule has 0 amide bonds. The van der Waals surface area contributed by atoms with Crippen molar-refractivity contribution in [3.63, 3.8) is 0 Å². The van der Waals surface area contributed by atoms with Gasteiger partial charge in [-0.15, -0.1) is 0 Å². The van der Waals surface area contributed by atoms with E-state index < -0.39 is 0 Å². The van der Waals surface area contributed by atoms with Gasteiger partial charge in [-0.25, -0.2) is 4.98 Å². The van der Waals surface area contributed by atoms with Crippen LogP contribution in [0.3, 0.4) is 0 Å². The molecule has 0 saturated carbocycles. The van der Waals surface area contributed by atoms with Gasteiger partial charge in [-0.2, -0.15) is 0 Å². The molecule has 0 bridgehead atoms. The first kappa shape index (κ1) is 9.74. The number of hydrogen-bond acceptors (Lipinski definition) is 3. The van der Waals surface area contributed by atoms with Crippen LogP contribution in [0.25, 0.3) is 0 Å². The number of nitrogens with zero attached hydrogens (tertiary/aromatic N) is 1. The summed E-state index contributed by atoms with van der Waals surface area (Å²) in [5, 5.41) is 4.01. The molecule has 3 nitrogen and oxygen atoms in total. The van der Waals surface area contributed by atoms with Gasteiger partial charge in [-0.05, 0) is 25.0 Å². The maximum absolute atomic E-state index is 5.99. The van der Waals surface area contributed by atoms with Crippen LogP contribution < -0.4 is 5.32 Å². The van der Waals surface area contributed by atoms with Crippen molar-refractivity contribution in [1.29, 1.82) is 0 Å². The lowest BCUT2D eigenvalue weighted by atomic mass is 10.1. The number of hydrogen-bond donors (Lipinski definition) is 1. The van der Waals surface area contributed by atoms with Gasteiger partial charge in [0, 0.05) is 25.5 Å². The Bertz CT molecular complexity index is 300. The van der Waals surface area contributed by atoms with E-state index in [9.17, 15) is 0 Å². The quantitative estimate of drug-likeness (QED) is 0.817. The van der Waals surface area contributed by atoms with Crippen molar-refractivity contribution in [2.24, 2.45) is 0 Å². The summed E-state index contributed by atoms with van der Waals surface area (Å²) in [4.78, 5) is 4.19. The Morgan fingerprint density at radius 1 is 1.43 bits per heavy atom. The van der Waals surface area contributed by atoms with Crippen molar-refractivity contribution in [3.8, 4) is 0 Å². The van der Waals surface area contributed by atoms with Gasteiger partial charge in [-0.1, -0.05) is 11.6 Å². The fraction of sp³-hybridized carbons (Fsp3) is 0.500. The Kier molecular flexibility index (Phi) is 3.22. The number of pyridine rings is 1. The summed E-state index contributed by atoms with van der Waals surface area (Å²) in [7, 11) is 0. The molecule has 2 rings (SSSR count). The van der Waals surface area contributed by atoms with Gasteiger partial charge in [0.2, 0.25) is 0 Å². The van der Waals surface area contributed by atoms with Crippen LogP contribution in [0.1, 0.15) is 12.8 Å². The minimum atomic E-state index is 0.441. The zero-order chi connectivity index (χ0) is 9.80. The van der Waals surface area contributed by atoms with Crippen LogP contribution in [0.5, 0.6) is 0 Å². The first-order chi connectivity index (χ1) is 6.86. The lowest BCUT2D eigenvalue weighted by molar-refractivity contribution is 0.0904. The zero-order valence-corrected chi connectivity index (χ0v) is 8.63. The Balaban J connectivity index is 1.99. The standard InChI is InChI=1S/C10H13ClN2O/c11-9-2-1-5-12-10(9)13-8-3-6-14-7-4-8/h1-2,5,8H,3-4,6-7H2,(H,12,13). The molecule has 0 atom stereocenters. The summed E-state index contributed by atoms with van der Waals surface area (Å²) in [6.07, 6.45) is 3.79. The van der Waals surface area contributed by atoms with Gasteiger partial charge < -0.3 is 10.1 Å². The van der Waals surface area contributed by atoms with Crippen LogP contribution >= 0.6 is 11.6 Å². The molecule has 14 heavy (non-hydrogen) atoms. The van der Waals surface area contributed by atoms with Gasteiger partial charge >= 0.3 is 0 Å². The van der Waals surface area contributed by atoms with Crippen LogP contribution in [-0.4, -0.2) is 24.2 Å². The molecule has 0 unspecified atom stereocenters. The molecule has 0 spiro atoms. The molecule has 1 saturated heterocycles. The second-order valence-electron chi connectivity index (χ2n) is 3.36. The van der Waals surface area contributed by atoms with E-state index in [-0.39, 0.29) is 0 Å². The monoisotopic (exact) mass is 212 g/mol. The van der Waals surface area contributed by atoms with Crippen LogP contribution in [0.2, 0.25) is 5.02 Å². The normalized spacial score (nSPS) is 18.1. The van der Waals surface area contributed by atoms with Crippen LogP contribution in [0.15, 0.2) is 18.3 Å². The maximum Gasteiger partial charge on any atom is 0.144 e. The van der Waals surface area contributed by atoms with E-state index in [4.69, 9.17) is 16.3 Å². The first-order valence-corrected chi connectivity index (χ1v) is 5.19. The molecule has 1 fully saturated rings. The molecule has 1 aliphatic rings. The van der Waals surface area contributed by atoms with E-state index in [2.05, 4.69) is 10.3 Å². The second kappa shape index (κ2) is 4.62. The summed E-state index contributed by atoms with van der Waals surface area (Å²) >= 11 is 5.99. The van der Waals surface area contributed by atoms with E-state index in [1.54, 1.807) is 6.20 Å². The highest BCUT2D eigenvalue weighted by atomic mass is 35.5. The van der Waals surface area contributed by atoms with E-state index in [0.717, 1.165) is 31.9 Å². The van der Waals surface area contributed by atoms with Gasteiger partial charge in [0.15, 0.2) is 0 Å². The Morgan fingerprint density at radius 2 is 2.21 bits per heavy atom. The second-order valence-corrected chi connectivity index (χ2v) is 3.77. The van der Waals surface area contributed by atoms with Gasteiger partial charge in [0.05, 0.1) is 5.02 Å². The third-order valence-electron chi connectivity index (χ3n) is 2.32. The molecule has 1 N–H and O–H groups in total. The predicted octanol–water partition coefficient (Wildman–Crippen LogP) is 2.33. The van der Waals surface area contributed by atoms with Crippen molar-refractivity contribution in [3.05, 3.63) is 23.4 Å². The number of halogens is 1. The van der Waals surface area contributed by atoms with Crippen molar-refractivity contribution < 1.29 is 4.74 Å². The van der Waals surface area contributed by atoms with Gasteiger partial charge in [-0.3, -0.25) is 0 Å². The first-order valence-electron chi connectivity index (χ1n) is 4.81. The number of nitrogens with one attached hydrogen (secondary N) is 1. The predicted molar refractivity (Wildman–Crippen MR) is 56.7 cm³/mol. The lowest BCUT2D eigenvalue weighted by Gasteiger charge is -2.23. The molecule has 0 radical (unpaired) electrons. The zero-order valence-electron chi connectivity index (χ0n) is 7.87.